The summed E-state index contributed by atoms with van der Waals surface area (Å²) in [5.41, 5.74) is 2.24. The van der Waals surface area contributed by atoms with Crippen LogP contribution in [-0.4, -0.2) is 91.5 Å². The summed E-state index contributed by atoms with van der Waals surface area (Å²) in [6.07, 6.45) is 0. The maximum atomic E-state index is 8.60. The molecule has 1 aromatic rings. The lowest BCUT2D eigenvalue weighted by molar-refractivity contribution is 0.00439. The van der Waals surface area contributed by atoms with Crippen molar-refractivity contribution in [3.8, 4) is 5.75 Å². The van der Waals surface area contributed by atoms with Gasteiger partial charge in [-0.25, -0.2) is 0 Å². The van der Waals surface area contributed by atoms with E-state index in [0.717, 1.165) is 16.9 Å². The Hall–Kier alpha value is -1.26. The van der Waals surface area contributed by atoms with Gasteiger partial charge in [-0.2, -0.15) is 0 Å². The Kier molecular flexibility index (Phi) is 16.7. The van der Waals surface area contributed by atoms with Crippen molar-refractivity contribution in [3.05, 3.63) is 29.3 Å². The van der Waals surface area contributed by atoms with Gasteiger partial charge in [-0.3, -0.25) is 0 Å². The first kappa shape index (κ1) is 25.8. The number of ether oxygens (including phenoxy) is 7. The van der Waals surface area contributed by atoms with Crippen molar-refractivity contribution in [2.24, 2.45) is 0 Å². The van der Waals surface area contributed by atoms with Crippen LogP contribution in [0.15, 0.2) is 18.2 Å². The molecule has 29 heavy (non-hydrogen) atoms. The molecule has 1 rings (SSSR count). The number of benzene rings is 1. The number of aryl methyl sites for hydroxylation is 1. The second-order valence-electron chi connectivity index (χ2n) is 6.16. The van der Waals surface area contributed by atoms with Gasteiger partial charge in [0, 0.05) is 7.11 Å². The van der Waals surface area contributed by atoms with Crippen molar-refractivity contribution < 1.29 is 38.3 Å². The summed E-state index contributed by atoms with van der Waals surface area (Å²) in [5, 5.41) is 8.60. The monoisotopic (exact) mass is 416 g/mol. The number of hydrogen-bond acceptors (Lipinski definition) is 8. The van der Waals surface area contributed by atoms with Crippen molar-refractivity contribution >= 4 is 0 Å². The second kappa shape index (κ2) is 18.7. The highest BCUT2D eigenvalue weighted by Gasteiger charge is 2.03. The molecule has 0 aliphatic rings. The van der Waals surface area contributed by atoms with Gasteiger partial charge in [-0.1, -0.05) is 6.07 Å². The SMILES string of the molecule is COCCOCCOCCOc1ccc(C)c(COCCOCCOCCO)c1. The Morgan fingerprint density at radius 3 is 1.86 bits per heavy atom. The maximum absolute atomic E-state index is 8.60. The molecule has 0 aromatic heterocycles. The van der Waals surface area contributed by atoms with Crippen LogP contribution >= 0.6 is 0 Å². The van der Waals surface area contributed by atoms with E-state index in [0.29, 0.717) is 79.3 Å². The molecule has 0 bridgehead atoms. The lowest BCUT2D eigenvalue weighted by atomic mass is 10.1. The smallest absolute Gasteiger partial charge is 0.119 e. The quantitative estimate of drug-likeness (QED) is 0.321. The molecule has 8 nitrogen and oxygen atoms in total. The molecule has 0 unspecified atom stereocenters. The molecule has 8 heteroatoms. The van der Waals surface area contributed by atoms with E-state index in [1.54, 1.807) is 7.11 Å². The van der Waals surface area contributed by atoms with E-state index in [-0.39, 0.29) is 6.61 Å². The van der Waals surface area contributed by atoms with Gasteiger partial charge in [0.2, 0.25) is 0 Å². The average molecular weight is 417 g/mol. The third kappa shape index (κ3) is 14.4. The van der Waals surface area contributed by atoms with Gasteiger partial charge >= 0.3 is 0 Å². The van der Waals surface area contributed by atoms with Gasteiger partial charge in [0.05, 0.1) is 79.3 Å². The molecule has 0 radical (unpaired) electrons. The molecule has 0 fully saturated rings. The highest BCUT2D eigenvalue weighted by molar-refractivity contribution is 5.34. The van der Waals surface area contributed by atoms with Crippen molar-refractivity contribution in [2.45, 2.75) is 13.5 Å². The van der Waals surface area contributed by atoms with Crippen LogP contribution in [0.3, 0.4) is 0 Å². The van der Waals surface area contributed by atoms with Gasteiger partial charge in [0.1, 0.15) is 12.4 Å². The summed E-state index contributed by atoms with van der Waals surface area (Å²) in [4.78, 5) is 0. The first-order chi connectivity index (χ1) is 14.3. The second-order valence-corrected chi connectivity index (χ2v) is 6.16. The standard InChI is InChI=1S/C21H36O8/c1-19-3-4-21(29-16-15-27-12-11-25-8-7-23-2)17-20(19)18-28-14-13-26-10-9-24-6-5-22/h3-4,17,22H,5-16,18H2,1-2H3. The van der Waals surface area contributed by atoms with Crippen molar-refractivity contribution in [1.82, 2.24) is 0 Å². The number of hydrogen-bond donors (Lipinski definition) is 1. The molecule has 0 amide bonds. The summed E-state index contributed by atoms with van der Waals surface area (Å²) in [6.45, 7) is 8.14. The number of aliphatic hydroxyl groups is 1. The van der Waals surface area contributed by atoms with Crippen LogP contribution in [0.4, 0.5) is 0 Å². The van der Waals surface area contributed by atoms with Gasteiger partial charge in [0.25, 0.3) is 0 Å². The molecular formula is C21H36O8. The summed E-state index contributed by atoms with van der Waals surface area (Å²) < 4.78 is 37.6. The van der Waals surface area contributed by atoms with E-state index >= 15 is 0 Å². The third-order valence-electron chi connectivity index (χ3n) is 3.86. The average Bonchev–Trinajstić information content (AvgIpc) is 2.73. The van der Waals surface area contributed by atoms with Crippen LogP contribution in [0.2, 0.25) is 0 Å². The Morgan fingerprint density at radius 1 is 0.690 bits per heavy atom. The first-order valence-electron chi connectivity index (χ1n) is 9.98. The van der Waals surface area contributed by atoms with Crippen LogP contribution in [0.25, 0.3) is 0 Å². The molecule has 0 aliphatic carbocycles. The molecule has 0 heterocycles. The molecule has 0 saturated heterocycles. The Balaban J connectivity index is 2.09. The van der Waals surface area contributed by atoms with E-state index in [9.17, 15) is 0 Å². The third-order valence-corrected chi connectivity index (χ3v) is 3.86. The molecule has 0 spiro atoms. The summed E-state index contributed by atoms with van der Waals surface area (Å²) in [5.74, 6) is 0.798. The number of rotatable bonds is 20. The largest absolute Gasteiger partial charge is 0.491 e. The van der Waals surface area contributed by atoms with E-state index in [2.05, 4.69) is 0 Å². The molecule has 0 aliphatic heterocycles. The fourth-order valence-corrected chi connectivity index (χ4v) is 2.26. The fourth-order valence-electron chi connectivity index (χ4n) is 2.26. The van der Waals surface area contributed by atoms with Crippen molar-refractivity contribution in [2.75, 3.05) is 86.4 Å². The number of aliphatic hydroxyl groups excluding tert-OH is 1. The molecule has 0 atom stereocenters. The Labute approximate surface area is 173 Å². The zero-order valence-electron chi connectivity index (χ0n) is 17.7. The first-order valence-corrected chi connectivity index (χ1v) is 9.98. The van der Waals surface area contributed by atoms with Crippen LogP contribution in [0.1, 0.15) is 11.1 Å². The zero-order chi connectivity index (χ0) is 21.0. The Morgan fingerprint density at radius 2 is 1.24 bits per heavy atom. The van der Waals surface area contributed by atoms with Gasteiger partial charge in [-0.15, -0.1) is 0 Å². The van der Waals surface area contributed by atoms with E-state index in [4.69, 9.17) is 38.3 Å². The van der Waals surface area contributed by atoms with Crippen molar-refractivity contribution in [3.63, 3.8) is 0 Å². The molecule has 1 N–H and O–H groups in total. The molecule has 1 aromatic carbocycles. The fraction of sp³-hybridized carbons (Fsp3) is 0.714. The minimum Gasteiger partial charge on any atom is -0.491 e. The predicted octanol–water partition coefficient (Wildman–Crippen LogP) is 1.60. The van der Waals surface area contributed by atoms with Gasteiger partial charge in [-0.05, 0) is 30.2 Å². The normalized spacial score (nSPS) is 11.1. The van der Waals surface area contributed by atoms with E-state index < -0.39 is 0 Å². The summed E-state index contributed by atoms with van der Waals surface area (Å²) >= 11 is 0. The van der Waals surface area contributed by atoms with Crippen LogP contribution < -0.4 is 4.74 Å². The van der Waals surface area contributed by atoms with Gasteiger partial charge < -0.3 is 38.3 Å². The van der Waals surface area contributed by atoms with Crippen LogP contribution in [-0.2, 0) is 35.0 Å². The van der Waals surface area contributed by atoms with E-state index in [1.807, 2.05) is 25.1 Å². The molecule has 0 saturated carbocycles. The lowest BCUT2D eigenvalue weighted by Crippen LogP contribution is -2.12. The highest BCUT2D eigenvalue weighted by atomic mass is 16.6. The minimum absolute atomic E-state index is 0.0303. The number of methoxy groups -OCH3 is 1. The zero-order valence-corrected chi connectivity index (χ0v) is 17.7. The van der Waals surface area contributed by atoms with Crippen LogP contribution in [0, 0.1) is 6.92 Å². The topological polar surface area (TPSA) is 84.8 Å². The molecule has 168 valence electrons. The van der Waals surface area contributed by atoms with Gasteiger partial charge in [0.15, 0.2) is 0 Å². The summed E-state index contributed by atoms with van der Waals surface area (Å²) in [6, 6.07) is 5.96. The lowest BCUT2D eigenvalue weighted by Gasteiger charge is -2.12. The van der Waals surface area contributed by atoms with Crippen molar-refractivity contribution in [1.29, 1.82) is 0 Å². The highest BCUT2D eigenvalue weighted by Crippen LogP contribution is 2.18. The molecular weight excluding hydrogens is 380 g/mol. The van der Waals surface area contributed by atoms with Crippen LogP contribution in [0.5, 0.6) is 5.75 Å². The van der Waals surface area contributed by atoms with E-state index in [1.165, 1.54) is 0 Å². The predicted molar refractivity (Wildman–Crippen MR) is 109 cm³/mol. The Bertz CT molecular complexity index is 498. The maximum Gasteiger partial charge on any atom is 0.119 e. The summed E-state index contributed by atoms with van der Waals surface area (Å²) in [7, 11) is 1.65. The minimum atomic E-state index is 0.0303.